The quantitative estimate of drug-likeness (QED) is 0.602. The summed E-state index contributed by atoms with van der Waals surface area (Å²) in [6.07, 6.45) is 5.16. The molecule has 4 rings (SSSR count). The topological polar surface area (TPSA) is 66.5 Å². The van der Waals surface area contributed by atoms with Crippen LogP contribution < -0.4 is 5.32 Å². The van der Waals surface area contributed by atoms with Gasteiger partial charge in [-0.2, -0.15) is 0 Å². The molecule has 160 valence electrons. The number of nitrogens with one attached hydrogen (secondary N) is 1. The van der Waals surface area contributed by atoms with E-state index in [1.54, 1.807) is 22.5 Å². The van der Waals surface area contributed by atoms with E-state index in [2.05, 4.69) is 5.32 Å². The number of halogens is 2. The molecule has 1 aromatic rings. The van der Waals surface area contributed by atoms with Gasteiger partial charge in [-0.05, 0) is 54.2 Å². The molecule has 1 saturated heterocycles. The molecular weight excluding hydrogens is 431 g/mol. The van der Waals surface area contributed by atoms with Gasteiger partial charge >= 0.3 is 0 Å². The molecule has 0 bridgehead atoms. The van der Waals surface area contributed by atoms with Crippen molar-refractivity contribution in [1.82, 2.24) is 9.62 Å². The molecule has 1 aromatic carbocycles. The van der Waals surface area contributed by atoms with Gasteiger partial charge in [-0.1, -0.05) is 49.4 Å². The van der Waals surface area contributed by atoms with E-state index in [0.29, 0.717) is 53.5 Å². The van der Waals surface area contributed by atoms with Crippen LogP contribution in [0.3, 0.4) is 0 Å². The van der Waals surface area contributed by atoms with Crippen molar-refractivity contribution in [2.45, 2.75) is 39.0 Å². The van der Waals surface area contributed by atoms with Gasteiger partial charge in [-0.3, -0.25) is 4.79 Å². The fraction of sp³-hybridized carbons (Fsp3) is 0.667. The number of carbonyl (C=O) groups is 1. The van der Waals surface area contributed by atoms with Crippen molar-refractivity contribution < 1.29 is 13.2 Å². The zero-order valence-electron chi connectivity index (χ0n) is 16.7. The van der Waals surface area contributed by atoms with Crippen LogP contribution >= 0.6 is 23.2 Å². The highest BCUT2D eigenvalue weighted by Crippen LogP contribution is 2.67. The molecule has 1 unspecified atom stereocenters. The molecule has 3 fully saturated rings. The van der Waals surface area contributed by atoms with Crippen LogP contribution in [0, 0.1) is 23.2 Å². The first kappa shape index (κ1) is 21.4. The van der Waals surface area contributed by atoms with Crippen LogP contribution in [-0.4, -0.2) is 44.0 Å². The van der Waals surface area contributed by atoms with Crippen LogP contribution in [0.5, 0.6) is 0 Å². The molecule has 3 atom stereocenters. The lowest BCUT2D eigenvalue weighted by molar-refractivity contribution is 0.0937. The third kappa shape index (κ3) is 4.32. The molecule has 0 radical (unpaired) electrons. The summed E-state index contributed by atoms with van der Waals surface area (Å²) < 4.78 is 26.8. The summed E-state index contributed by atoms with van der Waals surface area (Å²) in [5, 5.41) is 3.92. The average Bonchev–Trinajstić information content (AvgIpc) is 3.53. The second-order valence-corrected chi connectivity index (χ2v) is 11.8. The van der Waals surface area contributed by atoms with Crippen molar-refractivity contribution in [3.05, 3.63) is 33.8 Å². The Bertz CT molecular complexity index is 889. The summed E-state index contributed by atoms with van der Waals surface area (Å²) >= 11 is 12.1. The lowest BCUT2D eigenvalue weighted by atomic mass is 9.92. The number of piperidine rings is 1. The average molecular weight is 459 g/mol. The maximum absolute atomic E-state index is 12.7. The van der Waals surface area contributed by atoms with Crippen LogP contribution in [0.1, 0.15) is 49.4 Å². The monoisotopic (exact) mass is 458 g/mol. The van der Waals surface area contributed by atoms with E-state index in [1.165, 1.54) is 12.8 Å². The molecule has 29 heavy (non-hydrogen) atoms. The second kappa shape index (κ2) is 8.03. The van der Waals surface area contributed by atoms with E-state index in [1.807, 2.05) is 6.92 Å². The van der Waals surface area contributed by atoms with Crippen molar-refractivity contribution in [3.63, 3.8) is 0 Å². The maximum Gasteiger partial charge on any atom is 0.252 e. The van der Waals surface area contributed by atoms with Gasteiger partial charge in [0.1, 0.15) is 0 Å². The predicted molar refractivity (Wildman–Crippen MR) is 116 cm³/mol. The van der Waals surface area contributed by atoms with Crippen molar-refractivity contribution in [2.75, 3.05) is 25.4 Å². The highest BCUT2D eigenvalue weighted by atomic mass is 35.5. The number of sulfonamides is 1. The highest BCUT2D eigenvalue weighted by Gasteiger charge is 2.69. The Balaban J connectivity index is 1.41. The Morgan fingerprint density at radius 2 is 1.93 bits per heavy atom. The zero-order valence-corrected chi connectivity index (χ0v) is 19.0. The number of unbranched alkanes of at least 4 members (excludes halogenated alkanes) is 1. The Morgan fingerprint density at radius 3 is 2.52 bits per heavy atom. The van der Waals surface area contributed by atoms with E-state index >= 15 is 0 Å². The van der Waals surface area contributed by atoms with Crippen LogP contribution in [0.25, 0.3) is 0 Å². The highest BCUT2D eigenvalue weighted by molar-refractivity contribution is 7.89. The predicted octanol–water partition coefficient (Wildman–Crippen LogP) is 4.20. The molecule has 1 N–H and O–H groups in total. The van der Waals surface area contributed by atoms with E-state index < -0.39 is 10.0 Å². The van der Waals surface area contributed by atoms with Crippen LogP contribution in [-0.2, 0) is 10.0 Å². The van der Waals surface area contributed by atoms with E-state index in [4.69, 9.17) is 23.2 Å². The summed E-state index contributed by atoms with van der Waals surface area (Å²) in [5.74, 6) is 1.46. The smallest absolute Gasteiger partial charge is 0.252 e. The van der Waals surface area contributed by atoms with Gasteiger partial charge in [-0.25, -0.2) is 12.7 Å². The van der Waals surface area contributed by atoms with Gasteiger partial charge in [0, 0.05) is 24.7 Å². The Hall–Kier alpha value is -0.820. The SMILES string of the molecule is CCCCS(=O)(=O)N1C[C@@H]2[C@H](C1)C2(CNC(=O)c1ccc(Cl)cc1Cl)CC1CC1. The van der Waals surface area contributed by atoms with Gasteiger partial charge in [0.2, 0.25) is 10.0 Å². The molecule has 1 aliphatic heterocycles. The van der Waals surface area contributed by atoms with Gasteiger partial charge in [-0.15, -0.1) is 0 Å². The molecule has 2 aliphatic carbocycles. The van der Waals surface area contributed by atoms with Crippen molar-refractivity contribution in [1.29, 1.82) is 0 Å². The summed E-state index contributed by atoms with van der Waals surface area (Å²) in [6.45, 7) is 3.79. The molecule has 5 nitrogen and oxygen atoms in total. The third-order valence-electron chi connectivity index (χ3n) is 6.92. The number of nitrogens with zero attached hydrogens (tertiary/aromatic N) is 1. The molecule has 8 heteroatoms. The number of rotatable bonds is 9. The molecule has 0 aromatic heterocycles. The minimum atomic E-state index is -3.16. The zero-order chi connectivity index (χ0) is 20.8. The number of hydrogen-bond acceptors (Lipinski definition) is 3. The summed E-state index contributed by atoms with van der Waals surface area (Å²) in [5.41, 5.74) is 0.458. The standard InChI is InChI=1S/C21H28Cl2N2O3S/c1-2-3-8-29(27,28)25-11-17-18(12-25)21(17,10-14-4-5-14)13-24-20(26)16-7-6-15(22)9-19(16)23/h6-7,9,14,17-18H,2-5,8,10-13H2,1H3,(H,24,26)/t17-,18+,21?. The number of carbonyl (C=O) groups excluding carboxylic acids is 1. The minimum Gasteiger partial charge on any atom is -0.351 e. The first-order chi connectivity index (χ1) is 13.8. The summed E-state index contributed by atoms with van der Waals surface area (Å²) in [7, 11) is -3.16. The lowest BCUT2D eigenvalue weighted by Crippen LogP contribution is -2.40. The van der Waals surface area contributed by atoms with Crippen LogP contribution in [0.15, 0.2) is 18.2 Å². The normalized spacial score (nSPS) is 28.9. The van der Waals surface area contributed by atoms with Crippen molar-refractivity contribution in [3.8, 4) is 0 Å². The van der Waals surface area contributed by atoms with Gasteiger partial charge in [0.05, 0.1) is 16.3 Å². The second-order valence-electron chi connectivity index (χ2n) is 8.89. The van der Waals surface area contributed by atoms with Crippen molar-refractivity contribution >= 4 is 39.1 Å². The van der Waals surface area contributed by atoms with Gasteiger partial charge < -0.3 is 5.32 Å². The number of benzene rings is 1. The first-order valence-corrected chi connectivity index (χ1v) is 12.8. The van der Waals surface area contributed by atoms with Gasteiger partial charge in [0.15, 0.2) is 0 Å². The Kier molecular flexibility index (Phi) is 5.93. The Labute approximate surface area is 183 Å². The van der Waals surface area contributed by atoms with Gasteiger partial charge in [0.25, 0.3) is 5.91 Å². The molecule has 1 amide bonds. The van der Waals surface area contributed by atoms with Crippen LogP contribution in [0.2, 0.25) is 10.0 Å². The van der Waals surface area contributed by atoms with E-state index in [0.717, 1.165) is 18.8 Å². The van der Waals surface area contributed by atoms with Crippen LogP contribution in [0.4, 0.5) is 0 Å². The maximum atomic E-state index is 12.7. The summed E-state index contributed by atoms with van der Waals surface area (Å²) in [6, 6.07) is 4.87. The number of fused-ring (bicyclic) bond motifs is 1. The summed E-state index contributed by atoms with van der Waals surface area (Å²) in [4.78, 5) is 12.7. The number of hydrogen-bond donors (Lipinski definition) is 1. The molecule has 0 spiro atoms. The fourth-order valence-electron chi connectivity index (χ4n) is 5.00. The fourth-order valence-corrected chi connectivity index (χ4v) is 7.18. The molecule has 1 heterocycles. The minimum absolute atomic E-state index is 0.0342. The molecule has 2 saturated carbocycles. The number of amides is 1. The third-order valence-corrected chi connectivity index (χ3v) is 9.36. The van der Waals surface area contributed by atoms with E-state index in [9.17, 15) is 13.2 Å². The molecule has 3 aliphatic rings. The first-order valence-electron chi connectivity index (χ1n) is 10.5. The lowest BCUT2D eigenvalue weighted by Gasteiger charge is -2.27. The van der Waals surface area contributed by atoms with Crippen molar-refractivity contribution in [2.24, 2.45) is 23.2 Å². The largest absolute Gasteiger partial charge is 0.351 e. The molecular formula is C21H28Cl2N2O3S. The van der Waals surface area contributed by atoms with E-state index in [-0.39, 0.29) is 17.1 Å². The Morgan fingerprint density at radius 1 is 1.24 bits per heavy atom.